The molecule has 2 aromatic heterocycles. The quantitative estimate of drug-likeness (QED) is 0.820. The van der Waals surface area contributed by atoms with Crippen molar-refractivity contribution < 1.29 is 27.1 Å². The van der Waals surface area contributed by atoms with Crippen LogP contribution >= 0.6 is 11.7 Å². The van der Waals surface area contributed by atoms with Gasteiger partial charge >= 0.3 is 12.3 Å². The Morgan fingerprint density at radius 2 is 2.14 bits per heavy atom. The summed E-state index contributed by atoms with van der Waals surface area (Å²) in [6, 6.07) is 2.48. The minimum atomic E-state index is -4.26. The van der Waals surface area contributed by atoms with Crippen LogP contribution in [0.1, 0.15) is 10.5 Å². The van der Waals surface area contributed by atoms with Crippen molar-refractivity contribution in [3.63, 3.8) is 0 Å². The largest absolute Gasteiger partial charge is 0.471 e. The van der Waals surface area contributed by atoms with E-state index in [0.717, 1.165) is 24.0 Å². The first-order valence-electron chi connectivity index (χ1n) is 5.72. The van der Waals surface area contributed by atoms with E-state index < -0.39 is 24.9 Å². The monoisotopic (exact) mass is 336 g/mol. The second-order valence-corrected chi connectivity index (χ2v) is 4.54. The van der Waals surface area contributed by atoms with Crippen molar-refractivity contribution in [3.8, 4) is 5.88 Å². The molecule has 0 aliphatic carbocycles. The van der Waals surface area contributed by atoms with Gasteiger partial charge in [-0.3, -0.25) is 4.79 Å². The summed E-state index contributed by atoms with van der Waals surface area (Å²) in [6.07, 6.45) is -1.41. The number of hydrogen-bond acceptors (Lipinski definition) is 6. The fourth-order valence-electron chi connectivity index (χ4n) is 1.23. The molecule has 1 N–H and O–H groups in total. The van der Waals surface area contributed by atoms with Crippen LogP contribution in [0, 0.1) is 0 Å². The van der Waals surface area contributed by atoms with E-state index in [9.17, 15) is 22.4 Å². The molecule has 0 aliphatic heterocycles. The smallest absolute Gasteiger partial charge is 0.340 e. The van der Waals surface area contributed by atoms with E-state index in [4.69, 9.17) is 0 Å². The summed E-state index contributed by atoms with van der Waals surface area (Å²) in [5, 5.41) is 2.44. The highest BCUT2D eigenvalue weighted by molar-refractivity contribution is 6.99. The van der Waals surface area contributed by atoms with Gasteiger partial charge in [-0.1, -0.05) is 0 Å². The Kier molecular flexibility index (Phi) is 4.85. The minimum Gasteiger partial charge on any atom is -0.471 e. The van der Waals surface area contributed by atoms with Crippen molar-refractivity contribution in [1.82, 2.24) is 13.7 Å². The molecule has 2 heterocycles. The first-order chi connectivity index (χ1) is 10.4. The molecule has 2 aromatic rings. The molecule has 0 aromatic carbocycles. The number of hydrogen-bond donors (Lipinski definition) is 1. The van der Waals surface area contributed by atoms with Gasteiger partial charge in [-0.05, 0) is 6.07 Å². The number of nitrogens with zero attached hydrogens (tertiary/aromatic N) is 3. The fourth-order valence-corrected chi connectivity index (χ4v) is 1.64. The van der Waals surface area contributed by atoms with Crippen LogP contribution in [0.3, 0.4) is 0 Å². The predicted molar refractivity (Wildman–Crippen MR) is 68.5 cm³/mol. The standard InChI is InChI=1S/C11H8F4N4O2S/c12-10(13)11(14,15)5-21-8-2-1-6(3-16-8)18-9(20)7-4-17-22-19-7/h1-4,10H,5H2,(H,18,20). The Morgan fingerprint density at radius 1 is 1.36 bits per heavy atom. The molecule has 118 valence electrons. The van der Waals surface area contributed by atoms with Crippen molar-refractivity contribution >= 4 is 23.3 Å². The number of alkyl halides is 4. The first kappa shape index (κ1) is 16.1. The van der Waals surface area contributed by atoms with Crippen LogP contribution in [0.4, 0.5) is 23.2 Å². The maximum atomic E-state index is 12.7. The third-order valence-corrected chi connectivity index (χ3v) is 2.80. The number of nitrogens with one attached hydrogen (secondary N) is 1. The number of carbonyl (C=O) groups excluding carboxylic acids is 1. The Morgan fingerprint density at radius 3 is 2.68 bits per heavy atom. The predicted octanol–water partition coefficient (Wildman–Crippen LogP) is 2.46. The van der Waals surface area contributed by atoms with Gasteiger partial charge in [0, 0.05) is 6.07 Å². The van der Waals surface area contributed by atoms with E-state index in [0.29, 0.717) is 0 Å². The lowest BCUT2D eigenvalue weighted by Gasteiger charge is -2.15. The van der Waals surface area contributed by atoms with Gasteiger partial charge in [-0.15, -0.1) is 0 Å². The van der Waals surface area contributed by atoms with Gasteiger partial charge in [0.1, 0.15) is 0 Å². The van der Waals surface area contributed by atoms with E-state index in [1.54, 1.807) is 0 Å². The zero-order chi connectivity index (χ0) is 16.2. The highest BCUT2D eigenvalue weighted by Crippen LogP contribution is 2.24. The van der Waals surface area contributed by atoms with Crippen LogP contribution in [0.25, 0.3) is 0 Å². The molecule has 0 saturated heterocycles. The second kappa shape index (κ2) is 6.64. The lowest BCUT2D eigenvalue weighted by Crippen LogP contribution is -2.33. The van der Waals surface area contributed by atoms with Gasteiger partial charge in [0.2, 0.25) is 5.88 Å². The molecule has 0 fully saturated rings. The van der Waals surface area contributed by atoms with Gasteiger partial charge < -0.3 is 10.1 Å². The lowest BCUT2D eigenvalue weighted by atomic mass is 10.3. The lowest BCUT2D eigenvalue weighted by molar-refractivity contribution is -0.148. The number of rotatable bonds is 6. The van der Waals surface area contributed by atoms with Gasteiger partial charge in [0.05, 0.1) is 29.8 Å². The fraction of sp³-hybridized carbons (Fsp3) is 0.273. The first-order valence-corrected chi connectivity index (χ1v) is 6.45. The number of pyridine rings is 1. The molecule has 0 bridgehead atoms. The summed E-state index contributed by atoms with van der Waals surface area (Å²) in [5.74, 6) is -5.05. The molecule has 22 heavy (non-hydrogen) atoms. The zero-order valence-corrected chi connectivity index (χ0v) is 11.5. The summed E-state index contributed by atoms with van der Waals surface area (Å²) >= 11 is 0.863. The summed E-state index contributed by atoms with van der Waals surface area (Å²) in [4.78, 5) is 15.3. The Hall–Kier alpha value is -2.30. The molecule has 0 saturated carbocycles. The average molecular weight is 336 g/mol. The van der Waals surface area contributed by atoms with Crippen LogP contribution in [0.5, 0.6) is 5.88 Å². The van der Waals surface area contributed by atoms with Crippen molar-refractivity contribution in [1.29, 1.82) is 0 Å². The van der Waals surface area contributed by atoms with Crippen molar-refractivity contribution in [3.05, 3.63) is 30.2 Å². The van der Waals surface area contributed by atoms with Gasteiger partial charge in [0.25, 0.3) is 5.91 Å². The molecular weight excluding hydrogens is 328 g/mol. The molecule has 0 spiro atoms. The molecule has 1 amide bonds. The zero-order valence-electron chi connectivity index (χ0n) is 10.7. The topological polar surface area (TPSA) is 77.0 Å². The molecular formula is C11H8F4N4O2S. The van der Waals surface area contributed by atoms with Gasteiger partial charge in [-0.2, -0.15) is 17.5 Å². The van der Waals surface area contributed by atoms with Gasteiger partial charge in [0.15, 0.2) is 12.3 Å². The maximum absolute atomic E-state index is 12.7. The average Bonchev–Trinajstić information content (AvgIpc) is 3.01. The Bertz CT molecular complexity index is 622. The van der Waals surface area contributed by atoms with Crippen molar-refractivity contribution in [2.45, 2.75) is 12.3 Å². The summed E-state index contributed by atoms with van der Waals surface area (Å²) in [6.45, 7) is -1.49. The van der Waals surface area contributed by atoms with E-state index in [2.05, 4.69) is 23.8 Å². The maximum Gasteiger partial charge on any atom is 0.340 e. The molecule has 0 atom stereocenters. The summed E-state index contributed by atoms with van der Waals surface area (Å²) < 4.78 is 61.1. The summed E-state index contributed by atoms with van der Waals surface area (Å²) in [5.41, 5.74) is 0.368. The van der Waals surface area contributed by atoms with E-state index in [1.807, 2.05) is 0 Å². The molecule has 2 rings (SSSR count). The highest BCUT2D eigenvalue weighted by Gasteiger charge is 2.41. The second-order valence-electron chi connectivity index (χ2n) is 3.98. The molecule has 6 nitrogen and oxygen atoms in total. The third kappa shape index (κ3) is 4.10. The normalized spacial score (nSPS) is 11.5. The number of amides is 1. The number of ether oxygens (including phenoxy) is 1. The van der Waals surface area contributed by atoms with Crippen LogP contribution in [0.15, 0.2) is 24.5 Å². The van der Waals surface area contributed by atoms with E-state index in [-0.39, 0.29) is 17.3 Å². The van der Waals surface area contributed by atoms with Crippen molar-refractivity contribution in [2.24, 2.45) is 0 Å². The van der Waals surface area contributed by atoms with Crippen LogP contribution in [0.2, 0.25) is 0 Å². The molecule has 11 heteroatoms. The highest BCUT2D eigenvalue weighted by atomic mass is 32.1. The Balaban J connectivity index is 1.92. The molecule has 0 aliphatic rings. The SMILES string of the molecule is O=C(Nc1ccc(OCC(F)(F)C(F)F)nc1)c1cnsn1. The van der Waals surface area contributed by atoms with Gasteiger partial charge in [-0.25, -0.2) is 13.8 Å². The number of halogens is 4. The van der Waals surface area contributed by atoms with Crippen LogP contribution in [-0.2, 0) is 0 Å². The summed E-state index contributed by atoms with van der Waals surface area (Å²) in [7, 11) is 0. The molecule has 0 radical (unpaired) electrons. The molecule has 0 unspecified atom stereocenters. The minimum absolute atomic E-state index is 0.113. The third-order valence-electron chi connectivity index (χ3n) is 2.32. The van der Waals surface area contributed by atoms with Crippen LogP contribution < -0.4 is 10.1 Å². The number of aromatic nitrogens is 3. The van der Waals surface area contributed by atoms with Crippen LogP contribution in [-0.4, -0.2) is 38.6 Å². The van der Waals surface area contributed by atoms with E-state index >= 15 is 0 Å². The number of anilines is 1. The Labute approximate surface area is 125 Å². The number of carbonyl (C=O) groups is 1. The van der Waals surface area contributed by atoms with E-state index in [1.165, 1.54) is 12.3 Å². The van der Waals surface area contributed by atoms with Crippen molar-refractivity contribution in [2.75, 3.05) is 11.9 Å².